The van der Waals surface area contributed by atoms with Gasteiger partial charge in [-0.05, 0) is 46.3 Å². The fraction of sp³-hybridized carbons (Fsp3) is 0.143. The molecule has 1 heterocycles. The van der Waals surface area contributed by atoms with Crippen LogP contribution in [0, 0.1) is 0 Å². The molecule has 0 fully saturated rings. The Bertz CT molecular complexity index is 587. The maximum atomic E-state index is 10.9. The summed E-state index contributed by atoms with van der Waals surface area (Å²) in [5.41, 5.74) is 2.15. The van der Waals surface area contributed by atoms with Crippen molar-refractivity contribution in [2.75, 3.05) is 11.9 Å². The van der Waals surface area contributed by atoms with Crippen molar-refractivity contribution in [3.63, 3.8) is 0 Å². The molecule has 5 heteroatoms. The molecule has 0 saturated heterocycles. The summed E-state index contributed by atoms with van der Waals surface area (Å²) in [5.74, 6) is -0.931. The highest BCUT2D eigenvalue weighted by molar-refractivity contribution is 9.10. The molecule has 0 aliphatic heterocycles. The topological polar surface area (TPSA) is 53.4 Å². The highest BCUT2D eigenvalue weighted by atomic mass is 79.9. The fourth-order valence-corrected chi connectivity index (χ4v) is 2.45. The molecule has 98 valence electrons. The van der Waals surface area contributed by atoms with Gasteiger partial charge in [0.2, 0.25) is 0 Å². The van der Waals surface area contributed by atoms with Crippen LogP contribution in [0.5, 0.6) is 0 Å². The Labute approximate surface area is 119 Å². The maximum absolute atomic E-state index is 10.9. The van der Waals surface area contributed by atoms with Gasteiger partial charge in [0.25, 0.3) is 0 Å². The standard InChI is InChI=1S/C14H13BrN2O2/c1-17(9-11-4-2-3-7-16-11)13-6-5-10(14(18)19)8-12(13)15/h2-8H,9H2,1H3,(H,18,19). The van der Waals surface area contributed by atoms with E-state index < -0.39 is 5.97 Å². The highest BCUT2D eigenvalue weighted by Crippen LogP contribution is 2.27. The number of aromatic carboxylic acids is 1. The van der Waals surface area contributed by atoms with E-state index in [1.54, 1.807) is 24.4 Å². The van der Waals surface area contributed by atoms with Crippen LogP contribution in [0.1, 0.15) is 16.1 Å². The largest absolute Gasteiger partial charge is 0.478 e. The minimum atomic E-state index is -0.931. The molecule has 1 aromatic heterocycles. The zero-order valence-corrected chi connectivity index (χ0v) is 12.0. The second-order valence-corrected chi connectivity index (χ2v) is 5.00. The molecule has 0 unspecified atom stereocenters. The molecular weight excluding hydrogens is 308 g/mol. The molecule has 2 aromatic rings. The molecule has 0 amide bonds. The molecule has 1 N–H and O–H groups in total. The molecule has 19 heavy (non-hydrogen) atoms. The highest BCUT2D eigenvalue weighted by Gasteiger charge is 2.10. The summed E-state index contributed by atoms with van der Waals surface area (Å²) in [6.07, 6.45) is 1.76. The number of pyridine rings is 1. The van der Waals surface area contributed by atoms with Crippen molar-refractivity contribution < 1.29 is 9.90 Å². The van der Waals surface area contributed by atoms with Crippen LogP contribution in [0.15, 0.2) is 47.1 Å². The van der Waals surface area contributed by atoms with E-state index in [-0.39, 0.29) is 5.56 Å². The molecule has 1 aromatic carbocycles. The zero-order chi connectivity index (χ0) is 13.8. The van der Waals surface area contributed by atoms with E-state index in [0.29, 0.717) is 6.54 Å². The number of carboxylic acid groups (broad SMARTS) is 1. The predicted molar refractivity (Wildman–Crippen MR) is 77.4 cm³/mol. The average molecular weight is 321 g/mol. The van der Waals surface area contributed by atoms with Crippen molar-refractivity contribution in [2.24, 2.45) is 0 Å². The van der Waals surface area contributed by atoms with E-state index in [1.807, 2.05) is 30.1 Å². The normalized spacial score (nSPS) is 10.2. The van der Waals surface area contributed by atoms with Gasteiger partial charge in [-0.1, -0.05) is 6.07 Å². The SMILES string of the molecule is CN(Cc1ccccn1)c1ccc(C(=O)O)cc1Br. The molecule has 0 radical (unpaired) electrons. The first-order valence-electron chi connectivity index (χ1n) is 5.72. The van der Waals surface area contributed by atoms with E-state index in [9.17, 15) is 4.79 Å². The Morgan fingerprint density at radius 1 is 1.37 bits per heavy atom. The number of anilines is 1. The third-order valence-corrected chi connectivity index (χ3v) is 3.37. The number of aromatic nitrogens is 1. The Kier molecular flexibility index (Phi) is 4.16. The zero-order valence-electron chi connectivity index (χ0n) is 10.4. The maximum Gasteiger partial charge on any atom is 0.335 e. The molecule has 0 aliphatic rings. The first-order valence-corrected chi connectivity index (χ1v) is 6.51. The van der Waals surface area contributed by atoms with Gasteiger partial charge in [-0.2, -0.15) is 0 Å². The summed E-state index contributed by atoms with van der Waals surface area (Å²) in [5, 5.41) is 8.93. The van der Waals surface area contributed by atoms with Gasteiger partial charge in [-0.3, -0.25) is 4.98 Å². The summed E-state index contributed by atoms with van der Waals surface area (Å²) >= 11 is 3.40. The number of rotatable bonds is 4. The van der Waals surface area contributed by atoms with Crippen molar-refractivity contribution in [1.82, 2.24) is 4.98 Å². The quantitative estimate of drug-likeness (QED) is 0.940. The monoisotopic (exact) mass is 320 g/mol. The lowest BCUT2D eigenvalue weighted by molar-refractivity contribution is 0.0697. The van der Waals surface area contributed by atoms with Crippen molar-refractivity contribution in [2.45, 2.75) is 6.54 Å². The van der Waals surface area contributed by atoms with Crippen molar-refractivity contribution in [3.05, 3.63) is 58.3 Å². The second kappa shape index (κ2) is 5.84. The molecule has 2 rings (SSSR count). The molecule has 0 aliphatic carbocycles. The van der Waals surface area contributed by atoms with Crippen LogP contribution in [0.3, 0.4) is 0 Å². The summed E-state index contributed by atoms with van der Waals surface area (Å²) in [6.45, 7) is 0.659. The Morgan fingerprint density at radius 2 is 2.16 bits per heavy atom. The summed E-state index contributed by atoms with van der Waals surface area (Å²) in [7, 11) is 1.94. The first kappa shape index (κ1) is 13.5. The van der Waals surface area contributed by atoms with Crippen LogP contribution < -0.4 is 4.90 Å². The molecule has 0 bridgehead atoms. The minimum absolute atomic E-state index is 0.266. The minimum Gasteiger partial charge on any atom is -0.478 e. The van der Waals surface area contributed by atoms with Gasteiger partial charge in [-0.15, -0.1) is 0 Å². The van der Waals surface area contributed by atoms with Gasteiger partial charge in [-0.25, -0.2) is 4.79 Å². The molecule has 0 spiro atoms. The summed E-state index contributed by atoms with van der Waals surface area (Å²) in [6, 6.07) is 10.8. The first-order chi connectivity index (χ1) is 9.08. The molecule has 0 atom stereocenters. The summed E-state index contributed by atoms with van der Waals surface area (Å²) in [4.78, 5) is 17.2. The smallest absolute Gasteiger partial charge is 0.335 e. The van der Waals surface area contributed by atoms with Gasteiger partial charge in [0, 0.05) is 17.7 Å². The van der Waals surface area contributed by atoms with E-state index in [2.05, 4.69) is 20.9 Å². The lowest BCUT2D eigenvalue weighted by Crippen LogP contribution is -2.17. The van der Waals surface area contributed by atoms with Gasteiger partial charge < -0.3 is 10.0 Å². The Hall–Kier alpha value is -1.88. The number of carboxylic acids is 1. The number of carbonyl (C=O) groups is 1. The third-order valence-electron chi connectivity index (χ3n) is 2.73. The third kappa shape index (κ3) is 3.32. The number of hydrogen-bond donors (Lipinski definition) is 1. The van der Waals surface area contributed by atoms with E-state index >= 15 is 0 Å². The van der Waals surface area contributed by atoms with Crippen molar-refractivity contribution in [3.8, 4) is 0 Å². The fourth-order valence-electron chi connectivity index (χ4n) is 1.77. The summed E-state index contributed by atoms with van der Waals surface area (Å²) < 4.78 is 0.755. The van der Waals surface area contributed by atoms with Crippen LogP contribution >= 0.6 is 15.9 Å². The lowest BCUT2D eigenvalue weighted by Gasteiger charge is -2.20. The van der Waals surface area contributed by atoms with Crippen LogP contribution in [0.4, 0.5) is 5.69 Å². The Balaban J connectivity index is 2.20. The predicted octanol–water partition coefficient (Wildman–Crippen LogP) is 3.18. The number of halogens is 1. The Morgan fingerprint density at radius 3 is 2.74 bits per heavy atom. The van der Waals surface area contributed by atoms with Crippen LogP contribution in [-0.2, 0) is 6.54 Å². The molecule has 0 saturated carbocycles. The van der Waals surface area contributed by atoms with E-state index in [4.69, 9.17) is 5.11 Å². The van der Waals surface area contributed by atoms with Gasteiger partial charge >= 0.3 is 5.97 Å². The number of nitrogens with zero attached hydrogens (tertiary/aromatic N) is 2. The van der Waals surface area contributed by atoms with Crippen LogP contribution in [0.25, 0.3) is 0 Å². The van der Waals surface area contributed by atoms with Gasteiger partial charge in [0.1, 0.15) is 0 Å². The average Bonchev–Trinajstić information content (AvgIpc) is 2.39. The number of benzene rings is 1. The van der Waals surface area contributed by atoms with Crippen molar-refractivity contribution >= 4 is 27.6 Å². The van der Waals surface area contributed by atoms with E-state index in [1.165, 1.54) is 0 Å². The van der Waals surface area contributed by atoms with Crippen LogP contribution in [-0.4, -0.2) is 23.1 Å². The van der Waals surface area contributed by atoms with Gasteiger partial charge in [0.15, 0.2) is 0 Å². The lowest BCUT2D eigenvalue weighted by atomic mass is 10.2. The second-order valence-electron chi connectivity index (χ2n) is 4.15. The van der Waals surface area contributed by atoms with Crippen LogP contribution in [0.2, 0.25) is 0 Å². The van der Waals surface area contributed by atoms with E-state index in [0.717, 1.165) is 15.9 Å². The molecule has 4 nitrogen and oxygen atoms in total. The van der Waals surface area contributed by atoms with Gasteiger partial charge in [0.05, 0.1) is 23.5 Å². The van der Waals surface area contributed by atoms with Crippen molar-refractivity contribution in [1.29, 1.82) is 0 Å². The molecular formula is C14H13BrN2O2. The number of hydrogen-bond acceptors (Lipinski definition) is 3.